The highest BCUT2D eigenvalue weighted by molar-refractivity contribution is 5.96. The fourth-order valence-electron chi connectivity index (χ4n) is 3.68. The molecule has 3 aromatic rings. The minimum absolute atomic E-state index is 0.0755. The Hall–Kier alpha value is -3.81. The zero-order chi connectivity index (χ0) is 21.8. The van der Waals surface area contributed by atoms with E-state index in [2.05, 4.69) is 15.3 Å². The number of nitrogens with two attached hydrogens (primary N) is 1. The maximum absolute atomic E-state index is 13.2. The summed E-state index contributed by atoms with van der Waals surface area (Å²) in [7, 11) is 3.21. The molecule has 0 bridgehead atoms. The summed E-state index contributed by atoms with van der Waals surface area (Å²) in [4.78, 5) is 23.6. The van der Waals surface area contributed by atoms with E-state index in [-0.39, 0.29) is 11.9 Å². The number of nitrogen functional groups attached to an aromatic ring is 1. The summed E-state index contributed by atoms with van der Waals surface area (Å²) < 4.78 is 10.7. The Morgan fingerprint density at radius 2 is 1.90 bits per heavy atom. The van der Waals surface area contributed by atoms with E-state index < -0.39 is 0 Å². The van der Waals surface area contributed by atoms with Gasteiger partial charge in [-0.3, -0.25) is 4.79 Å². The number of fused-ring (bicyclic) bond motifs is 1. The molecular weight excluding hydrogens is 394 g/mol. The highest BCUT2D eigenvalue weighted by Crippen LogP contribution is 2.29. The number of amides is 1. The van der Waals surface area contributed by atoms with Crippen LogP contribution in [0, 0.1) is 0 Å². The van der Waals surface area contributed by atoms with Gasteiger partial charge in [-0.1, -0.05) is 30.3 Å². The molecule has 2 heterocycles. The molecule has 1 amide bonds. The van der Waals surface area contributed by atoms with E-state index in [9.17, 15) is 4.79 Å². The molecule has 0 spiro atoms. The van der Waals surface area contributed by atoms with Crippen molar-refractivity contribution in [3.8, 4) is 11.5 Å². The fraction of sp³-hybridized carbons (Fsp3) is 0.261. The molecule has 4 rings (SSSR count). The number of hydrogen-bond acceptors (Lipinski definition) is 7. The number of carbonyl (C=O) groups excluding carboxylic acids is 1. The van der Waals surface area contributed by atoms with E-state index >= 15 is 0 Å². The average Bonchev–Trinajstić information content (AvgIpc) is 2.80. The molecule has 8 nitrogen and oxygen atoms in total. The van der Waals surface area contributed by atoms with Crippen LogP contribution in [0.3, 0.4) is 0 Å². The second-order valence-electron chi connectivity index (χ2n) is 7.25. The summed E-state index contributed by atoms with van der Waals surface area (Å²) in [5.74, 6) is 1.89. The molecule has 3 N–H and O–H groups in total. The van der Waals surface area contributed by atoms with E-state index in [1.807, 2.05) is 48.5 Å². The molecular formula is C23H25N5O3. The van der Waals surface area contributed by atoms with Crippen molar-refractivity contribution in [3.05, 3.63) is 70.9 Å². The number of hydrogen-bond donors (Lipinski definition) is 2. The third-order valence-corrected chi connectivity index (χ3v) is 5.30. The summed E-state index contributed by atoms with van der Waals surface area (Å²) in [5.41, 5.74) is 9.08. The Kier molecular flexibility index (Phi) is 5.88. The number of ether oxygens (including phenoxy) is 2. The lowest BCUT2D eigenvalue weighted by molar-refractivity contribution is 0.0719. The van der Waals surface area contributed by atoms with Crippen LogP contribution < -0.4 is 20.5 Å². The molecule has 0 radical (unpaired) electrons. The van der Waals surface area contributed by atoms with Gasteiger partial charge in [-0.05, 0) is 24.1 Å². The monoisotopic (exact) mass is 419 g/mol. The SMILES string of the molecule is COc1ccc(CN2CCc3c(NCc4ccccc4)nc(N)nc3C2=O)c(OC)c1. The van der Waals surface area contributed by atoms with Gasteiger partial charge in [0.05, 0.1) is 14.2 Å². The highest BCUT2D eigenvalue weighted by Gasteiger charge is 2.29. The van der Waals surface area contributed by atoms with Gasteiger partial charge in [0, 0.05) is 36.8 Å². The van der Waals surface area contributed by atoms with Crippen molar-refractivity contribution in [1.82, 2.24) is 14.9 Å². The Balaban J connectivity index is 1.56. The molecule has 160 valence electrons. The number of benzene rings is 2. The number of anilines is 2. The molecule has 0 unspecified atom stereocenters. The van der Waals surface area contributed by atoms with Gasteiger partial charge in [-0.15, -0.1) is 0 Å². The van der Waals surface area contributed by atoms with Gasteiger partial charge in [-0.2, -0.15) is 4.98 Å². The van der Waals surface area contributed by atoms with E-state index in [1.165, 1.54) is 0 Å². The van der Waals surface area contributed by atoms with Crippen molar-refractivity contribution >= 4 is 17.7 Å². The Labute approximate surface area is 181 Å². The summed E-state index contributed by atoms with van der Waals surface area (Å²) in [6, 6.07) is 15.6. The quantitative estimate of drug-likeness (QED) is 0.607. The molecule has 1 aliphatic rings. The maximum atomic E-state index is 13.2. The Morgan fingerprint density at radius 1 is 1.10 bits per heavy atom. The Morgan fingerprint density at radius 3 is 2.65 bits per heavy atom. The first-order chi connectivity index (χ1) is 15.1. The van der Waals surface area contributed by atoms with Crippen LogP contribution in [0.4, 0.5) is 11.8 Å². The molecule has 0 aliphatic carbocycles. The van der Waals surface area contributed by atoms with Crippen molar-refractivity contribution in [3.63, 3.8) is 0 Å². The largest absolute Gasteiger partial charge is 0.497 e. The predicted molar refractivity (Wildman–Crippen MR) is 118 cm³/mol. The number of aromatic nitrogens is 2. The molecule has 0 saturated heterocycles. The van der Waals surface area contributed by atoms with Crippen molar-refractivity contribution in [2.75, 3.05) is 31.8 Å². The van der Waals surface area contributed by atoms with Crippen LogP contribution in [0.25, 0.3) is 0 Å². The van der Waals surface area contributed by atoms with Crippen LogP contribution in [0.15, 0.2) is 48.5 Å². The molecule has 0 fully saturated rings. The second kappa shape index (κ2) is 8.91. The van der Waals surface area contributed by atoms with Crippen LogP contribution in [-0.2, 0) is 19.5 Å². The first-order valence-corrected chi connectivity index (χ1v) is 10.0. The van der Waals surface area contributed by atoms with Crippen molar-refractivity contribution < 1.29 is 14.3 Å². The van der Waals surface area contributed by atoms with Crippen LogP contribution in [0.5, 0.6) is 11.5 Å². The predicted octanol–water partition coefficient (Wildman–Crippen LogP) is 2.89. The second-order valence-corrected chi connectivity index (χ2v) is 7.25. The number of methoxy groups -OCH3 is 2. The van der Waals surface area contributed by atoms with Crippen molar-refractivity contribution in [2.45, 2.75) is 19.5 Å². The van der Waals surface area contributed by atoms with Crippen LogP contribution in [0.2, 0.25) is 0 Å². The molecule has 0 atom stereocenters. The highest BCUT2D eigenvalue weighted by atomic mass is 16.5. The Bertz CT molecular complexity index is 1090. The first kappa shape index (κ1) is 20.5. The number of nitrogens with one attached hydrogen (secondary N) is 1. The maximum Gasteiger partial charge on any atom is 0.273 e. The van der Waals surface area contributed by atoms with Gasteiger partial charge in [0.25, 0.3) is 5.91 Å². The van der Waals surface area contributed by atoms with E-state index in [4.69, 9.17) is 15.2 Å². The third kappa shape index (κ3) is 4.37. The average molecular weight is 419 g/mol. The topological polar surface area (TPSA) is 103 Å². The zero-order valence-corrected chi connectivity index (χ0v) is 17.6. The normalized spacial score (nSPS) is 13.0. The van der Waals surface area contributed by atoms with Gasteiger partial charge < -0.3 is 25.4 Å². The van der Waals surface area contributed by atoms with E-state index in [1.54, 1.807) is 19.1 Å². The van der Waals surface area contributed by atoms with Crippen molar-refractivity contribution in [1.29, 1.82) is 0 Å². The molecule has 1 aliphatic heterocycles. The van der Waals surface area contributed by atoms with Gasteiger partial charge >= 0.3 is 0 Å². The van der Waals surface area contributed by atoms with Crippen molar-refractivity contribution in [2.24, 2.45) is 0 Å². The summed E-state index contributed by atoms with van der Waals surface area (Å²) in [6.45, 7) is 1.54. The molecule has 1 aromatic heterocycles. The molecule has 8 heteroatoms. The molecule has 0 saturated carbocycles. The van der Waals surface area contributed by atoms with E-state index in [0.29, 0.717) is 49.1 Å². The number of rotatable bonds is 7. The van der Waals surface area contributed by atoms with Crippen LogP contribution in [0.1, 0.15) is 27.2 Å². The standard InChI is InChI=1S/C23H25N5O3/c1-30-17-9-8-16(19(12-17)31-2)14-28-11-10-18-20(22(28)29)26-23(24)27-21(18)25-13-15-6-4-3-5-7-15/h3-9,12H,10-11,13-14H2,1-2H3,(H3,24,25,26,27). The van der Waals surface area contributed by atoms with Crippen LogP contribution >= 0.6 is 0 Å². The van der Waals surface area contributed by atoms with Crippen LogP contribution in [-0.4, -0.2) is 41.5 Å². The summed E-state index contributed by atoms with van der Waals surface area (Å²) in [6.07, 6.45) is 0.636. The molecule has 31 heavy (non-hydrogen) atoms. The lowest BCUT2D eigenvalue weighted by Crippen LogP contribution is -2.38. The van der Waals surface area contributed by atoms with Gasteiger partial charge in [0.1, 0.15) is 23.0 Å². The number of carbonyl (C=O) groups is 1. The number of nitrogens with zero attached hydrogens (tertiary/aromatic N) is 3. The minimum atomic E-state index is -0.170. The van der Waals surface area contributed by atoms with Gasteiger partial charge in [0.2, 0.25) is 5.95 Å². The first-order valence-electron chi connectivity index (χ1n) is 10.0. The third-order valence-electron chi connectivity index (χ3n) is 5.30. The zero-order valence-electron chi connectivity index (χ0n) is 17.6. The smallest absolute Gasteiger partial charge is 0.273 e. The lowest BCUT2D eigenvalue weighted by Gasteiger charge is -2.29. The summed E-state index contributed by atoms with van der Waals surface area (Å²) >= 11 is 0. The van der Waals surface area contributed by atoms with E-state index in [0.717, 1.165) is 16.7 Å². The van der Waals surface area contributed by atoms with Gasteiger partial charge in [-0.25, -0.2) is 4.98 Å². The lowest BCUT2D eigenvalue weighted by atomic mass is 10.0. The molecule has 2 aromatic carbocycles. The minimum Gasteiger partial charge on any atom is -0.497 e. The van der Waals surface area contributed by atoms with Gasteiger partial charge in [0.15, 0.2) is 0 Å². The summed E-state index contributed by atoms with van der Waals surface area (Å²) in [5, 5.41) is 3.31. The fourth-order valence-corrected chi connectivity index (χ4v) is 3.68.